The number of aromatic hydroxyl groups is 1. The molecule has 0 aliphatic carbocycles. The van der Waals surface area contributed by atoms with E-state index < -0.39 is 38.2 Å². The topological polar surface area (TPSA) is 195 Å². The molecule has 14 nitrogen and oxygen atoms in total. The van der Waals surface area contributed by atoms with Crippen molar-refractivity contribution in [2.45, 2.75) is 49.3 Å². The summed E-state index contributed by atoms with van der Waals surface area (Å²) in [6, 6.07) is 13.9. The van der Waals surface area contributed by atoms with Gasteiger partial charge in [-0.15, -0.1) is 0 Å². The van der Waals surface area contributed by atoms with Gasteiger partial charge in [0.2, 0.25) is 10.0 Å². The Morgan fingerprint density at radius 3 is 2.19 bits per heavy atom. The van der Waals surface area contributed by atoms with Crippen molar-refractivity contribution in [3.8, 4) is 17.2 Å². The van der Waals surface area contributed by atoms with Gasteiger partial charge in [0.25, 0.3) is 10.0 Å². The number of methoxy groups -OCH3 is 2. The number of carbonyl (C=O) groups is 1. The van der Waals surface area contributed by atoms with Crippen molar-refractivity contribution in [3.05, 3.63) is 66.2 Å². The van der Waals surface area contributed by atoms with Gasteiger partial charge in [0, 0.05) is 37.4 Å². The fraction of sp³-hybridized carbons (Fsp3) is 0.406. The van der Waals surface area contributed by atoms with E-state index >= 15 is 0 Å². The van der Waals surface area contributed by atoms with Crippen molar-refractivity contribution in [2.24, 2.45) is 0 Å². The maximum Gasteiger partial charge on any atom is 0.327 e. The molecule has 16 heteroatoms. The largest absolute Gasteiger partial charge is 0.506 e. The maximum atomic E-state index is 13.9. The fourth-order valence-corrected chi connectivity index (χ4v) is 7.87. The van der Waals surface area contributed by atoms with E-state index in [0.717, 1.165) is 29.1 Å². The average molecular weight is 707 g/mol. The van der Waals surface area contributed by atoms with Crippen LogP contribution in [0.15, 0.2) is 65.6 Å². The second kappa shape index (κ2) is 15.3. The summed E-state index contributed by atoms with van der Waals surface area (Å²) in [5, 5.41) is 34.0. The van der Waals surface area contributed by atoms with E-state index in [1.807, 2.05) is 0 Å². The van der Waals surface area contributed by atoms with Gasteiger partial charge in [0.15, 0.2) is 11.5 Å². The molecular formula is C32H42N4O10S2. The number of anilines is 3. The molecule has 1 saturated heterocycles. The molecule has 2 atom stereocenters. The quantitative estimate of drug-likeness (QED) is 0.145. The lowest BCUT2D eigenvalue weighted by molar-refractivity contribution is -0.138. The SMILES string of the molecule is CCC(C(=O)O)N(c1ccc(N2CCC(NC[C@H](O)c3ccc(O)c(NS(C)(=O)=O)c3)CC2)cc1)S(=O)(=O)c1ccc(OC)c(OC)c1. The Kier molecular flexibility index (Phi) is 11.7. The zero-order valence-electron chi connectivity index (χ0n) is 27.2. The minimum Gasteiger partial charge on any atom is -0.506 e. The lowest BCUT2D eigenvalue weighted by Gasteiger charge is -2.35. The Morgan fingerprint density at radius 2 is 1.62 bits per heavy atom. The molecule has 1 fully saturated rings. The van der Waals surface area contributed by atoms with Crippen LogP contribution in [0.5, 0.6) is 17.2 Å². The highest BCUT2D eigenvalue weighted by Crippen LogP contribution is 2.35. The molecule has 1 aliphatic rings. The van der Waals surface area contributed by atoms with Gasteiger partial charge >= 0.3 is 5.97 Å². The molecular weight excluding hydrogens is 665 g/mol. The van der Waals surface area contributed by atoms with Crippen LogP contribution in [0, 0.1) is 0 Å². The number of sulfonamides is 2. The number of aliphatic hydroxyl groups excluding tert-OH is 1. The number of phenols is 1. The highest BCUT2D eigenvalue weighted by atomic mass is 32.2. The molecule has 0 radical (unpaired) electrons. The highest BCUT2D eigenvalue weighted by Gasteiger charge is 2.36. The number of phenolic OH excluding ortho intramolecular Hbond substituents is 1. The second-order valence-electron chi connectivity index (χ2n) is 11.4. The zero-order valence-corrected chi connectivity index (χ0v) is 28.8. The standard InChI is InChI=1S/C32H42N4O10S2/c1-5-27(32(39)40)36(48(43,44)25-11-13-30(45-2)31(19-25)46-3)24-9-7-23(8-10-24)35-16-14-22(15-17-35)33-20-29(38)21-6-12-28(37)26(18-21)34-47(4,41)42/h6-13,18-19,22,27,29,33-34,37-38H,5,14-17,20H2,1-4H3,(H,39,40)/t27?,29-/m0/s1. The minimum atomic E-state index is -4.33. The van der Waals surface area contributed by atoms with Crippen molar-refractivity contribution in [2.75, 3.05) is 54.0 Å². The summed E-state index contributed by atoms with van der Waals surface area (Å²) < 4.78 is 64.6. The Balaban J connectivity index is 1.43. The molecule has 48 heavy (non-hydrogen) atoms. The van der Waals surface area contributed by atoms with Crippen LogP contribution < -0.4 is 28.7 Å². The Labute approximate surface area is 281 Å². The van der Waals surface area contributed by atoms with Gasteiger partial charge in [-0.25, -0.2) is 21.6 Å². The smallest absolute Gasteiger partial charge is 0.327 e. The van der Waals surface area contributed by atoms with Crippen molar-refractivity contribution in [3.63, 3.8) is 0 Å². The van der Waals surface area contributed by atoms with Gasteiger partial charge in [-0.1, -0.05) is 13.0 Å². The molecule has 4 rings (SSSR count). The molecule has 0 amide bonds. The lowest BCUT2D eigenvalue weighted by atomic mass is 10.0. The number of carboxylic acids is 1. The summed E-state index contributed by atoms with van der Waals surface area (Å²) in [6.07, 6.45) is 1.57. The Hall–Kier alpha value is -4.25. The summed E-state index contributed by atoms with van der Waals surface area (Å²) in [7, 11) is -5.12. The van der Waals surface area contributed by atoms with Crippen molar-refractivity contribution in [1.82, 2.24) is 5.32 Å². The molecule has 3 aromatic carbocycles. The van der Waals surface area contributed by atoms with Crippen LogP contribution in [0.4, 0.5) is 17.1 Å². The molecule has 0 bridgehead atoms. The fourth-order valence-electron chi connectivity index (χ4n) is 5.61. The first kappa shape index (κ1) is 36.6. The molecule has 5 N–H and O–H groups in total. The summed E-state index contributed by atoms with van der Waals surface area (Å²) in [5.41, 5.74) is 1.49. The maximum absolute atomic E-state index is 13.9. The number of hydrogen-bond acceptors (Lipinski definition) is 11. The molecule has 262 valence electrons. The van der Waals surface area contributed by atoms with Crippen molar-refractivity contribution in [1.29, 1.82) is 0 Å². The van der Waals surface area contributed by atoms with Gasteiger partial charge in [-0.3, -0.25) is 9.03 Å². The van der Waals surface area contributed by atoms with Crippen LogP contribution in [0.2, 0.25) is 0 Å². The van der Waals surface area contributed by atoms with E-state index in [1.165, 1.54) is 50.6 Å². The molecule has 0 saturated carbocycles. The normalized spacial score (nSPS) is 15.4. The van der Waals surface area contributed by atoms with Crippen LogP contribution in [-0.2, 0) is 24.8 Å². The highest BCUT2D eigenvalue weighted by molar-refractivity contribution is 7.93. The molecule has 0 aromatic heterocycles. The van der Waals surface area contributed by atoms with Gasteiger partial charge in [0.1, 0.15) is 11.8 Å². The monoisotopic (exact) mass is 706 g/mol. The Bertz CT molecular complexity index is 1800. The molecule has 1 unspecified atom stereocenters. The number of nitrogens with one attached hydrogen (secondary N) is 2. The average Bonchev–Trinajstić information content (AvgIpc) is 3.06. The van der Waals surface area contributed by atoms with Crippen LogP contribution >= 0.6 is 0 Å². The lowest BCUT2D eigenvalue weighted by Crippen LogP contribution is -2.45. The van der Waals surface area contributed by atoms with E-state index in [4.69, 9.17) is 9.47 Å². The van der Waals surface area contributed by atoms with E-state index in [2.05, 4.69) is 14.9 Å². The number of ether oxygens (including phenoxy) is 2. The van der Waals surface area contributed by atoms with E-state index in [-0.39, 0.29) is 46.8 Å². The first-order chi connectivity index (χ1) is 22.7. The van der Waals surface area contributed by atoms with E-state index in [9.17, 15) is 36.9 Å². The predicted molar refractivity (Wildman–Crippen MR) is 182 cm³/mol. The number of benzene rings is 3. The minimum absolute atomic E-state index is 0.0109. The zero-order chi connectivity index (χ0) is 35.2. The van der Waals surface area contributed by atoms with Crippen LogP contribution in [0.25, 0.3) is 0 Å². The number of carboxylic acid groups (broad SMARTS) is 1. The first-order valence-electron chi connectivity index (χ1n) is 15.2. The second-order valence-corrected chi connectivity index (χ2v) is 15.0. The van der Waals surface area contributed by atoms with Gasteiger partial charge < -0.3 is 35.0 Å². The van der Waals surface area contributed by atoms with Gasteiger partial charge in [-0.2, -0.15) is 0 Å². The van der Waals surface area contributed by atoms with Crippen LogP contribution in [0.1, 0.15) is 37.9 Å². The number of nitrogens with zero attached hydrogens (tertiary/aromatic N) is 2. The summed E-state index contributed by atoms with van der Waals surface area (Å²) in [4.78, 5) is 14.2. The molecule has 0 spiro atoms. The molecule has 1 aliphatic heterocycles. The van der Waals surface area contributed by atoms with Crippen molar-refractivity contribution < 1.29 is 46.4 Å². The summed E-state index contributed by atoms with van der Waals surface area (Å²) in [5.74, 6) is -0.991. The molecule has 3 aromatic rings. The van der Waals surface area contributed by atoms with E-state index in [0.29, 0.717) is 24.4 Å². The third kappa shape index (κ3) is 8.61. The van der Waals surface area contributed by atoms with Crippen molar-refractivity contribution >= 4 is 43.1 Å². The summed E-state index contributed by atoms with van der Waals surface area (Å²) in [6.45, 7) is 3.18. The van der Waals surface area contributed by atoms with Gasteiger partial charge in [0.05, 0.1) is 42.8 Å². The van der Waals surface area contributed by atoms with E-state index in [1.54, 1.807) is 31.2 Å². The predicted octanol–water partition coefficient (Wildman–Crippen LogP) is 3.13. The summed E-state index contributed by atoms with van der Waals surface area (Å²) >= 11 is 0. The first-order valence-corrected chi connectivity index (χ1v) is 18.6. The van der Waals surface area contributed by atoms with Crippen LogP contribution in [-0.4, -0.2) is 90.3 Å². The van der Waals surface area contributed by atoms with Crippen LogP contribution in [0.3, 0.4) is 0 Å². The number of aliphatic carboxylic acids is 1. The third-order valence-corrected chi connectivity index (χ3v) is 10.6. The molecule has 1 heterocycles. The van der Waals surface area contributed by atoms with Gasteiger partial charge in [-0.05, 0) is 73.4 Å². The number of aliphatic hydroxyl groups is 1. The number of hydrogen-bond donors (Lipinski definition) is 5. The number of rotatable bonds is 15. The number of piperidine rings is 1. The third-order valence-electron chi connectivity index (χ3n) is 8.13. The Morgan fingerprint density at radius 1 is 0.979 bits per heavy atom.